The lowest BCUT2D eigenvalue weighted by molar-refractivity contribution is -0.112. The predicted molar refractivity (Wildman–Crippen MR) is 87.8 cm³/mol. The maximum absolute atomic E-state index is 12.1. The number of carbonyl (C=O) groups excluding carboxylic acids is 2. The summed E-state index contributed by atoms with van der Waals surface area (Å²) in [6, 6.07) is 0. The van der Waals surface area contributed by atoms with E-state index in [2.05, 4.69) is 0 Å². The number of Topliss-reactive ketones (excluding diaryl/α,β-unsaturated/α-hetero) is 2. The summed E-state index contributed by atoms with van der Waals surface area (Å²) in [6.45, 7) is 3.65. The lowest BCUT2D eigenvalue weighted by Crippen LogP contribution is -2.10. The van der Waals surface area contributed by atoms with Gasteiger partial charge < -0.3 is 0 Å². The number of ketones is 2. The van der Waals surface area contributed by atoms with Gasteiger partial charge in [-0.2, -0.15) is 0 Å². The van der Waals surface area contributed by atoms with Crippen LogP contribution >= 0.6 is 23.5 Å². The van der Waals surface area contributed by atoms with Crippen LogP contribution in [0, 0.1) is 0 Å². The van der Waals surface area contributed by atoms with Gasteiger partial charge in [-0.3, -0.25) is 9.59 Å². The van der Waals surface area contributed by atoms with Gasteiger partial charge in [-0.1, -0.05) is 0 Å². The second kappa shape index (κ2) is 6.02. The minimum absolute atomic E-state index is 0.0858. The molecule has 0 aromatic heterocycles. The smallest absolute Gasteiger partial charge is 0.205 e. The van der Waals surface area contributed by atoms with Gasteiger partial charge in [0.1, 0.15) is 0 Å². The summed E-state index contributed by atoms with van der Waals surface area (Å²) < 4.78 is 0. The lowest BCUT2D eigenvalue weighted by Gasteiger charge is -2.16. The highest BCUT2D eigenvalue weighted by Crippen LogP contribution is 2.33. The van der Waals surface area contributed by atoms with Crippen LogP contribution in [0.2, 0.25) is 0 Å². The summed E-state index contributed by atoms with van der Waals surface area (Å²) >= 11 is 2.92. The molecule has 2 nitrogen and oxygen atoms in total. The van der Waals surface area contributed by atoms with Crippen LogP contribution in [0.3, 0.4) is 0 Å². The van der Waals surface area contributed by atoms with Crippen molar-refractivity contribution >= 4 is 35.1 Å². The fourth-order valence-corrected chi connectivity index (χ4v) is 3.31. The Morgan fingerprint density at radius 2 is 1.10 bits per heavy atom. The summed E-state index contributed by atoms with van der Waals surface area (Å²) in [4.78, 5) is 25.4. The zero-order valence-electron chi connectivity index (χ0n) is 11.9. The van der Waals surface area contributed by atoms with Crippen LogP contribution < -0.4 is 0 Å². The number of thioether (sulfide) groups is 2. The third-order valence-corrected chi connectivity index (χ3v) is 4.74. The van der Waals surface area contributed by atoms with Crippen molar-refractivity contribution in [1.29, 1.82) is 0 Å². The third-order valence-electron chi connectivity index (χ3n) is 3.25. The molecule has 0 N–H and O–H groups in total. The Balaban J connectivity index is 2.59. The van der Waals surface area contributed by atoms with Crippen molar-refractivity contribution in [2.75, 3.05) is 12.5 Å². The van der Waals surface area contributed by atoms with E-state index in [-0.39, 0.29) is 11.6 Å². The molecule has 0 saturated heterocycles. The molecule has 0 aromatic rings. The van der Waals surface area contributed by atoms with Gasteiger partial charge in [0.25, 0.3) is 0 Å². The molecule has 0 fully saturated rings. The van der Waals surface area contributed by atoms with E-state index in [0.29, 0.717) is 0 Å². The predicted octanol–water partition coefficient (Wildman–Crippen LogP) is 3.83. The molecule has 0 radical (unpaired) electrons. The second-order valence-electron chi connectivity index (χ2n) is 4.65. The topological polar surface area (TPSA) is 34.1 Å². The number of hydrogen-bond donors (Lipinski definition) is 0. The Labute approximate surface area is 127 Å². The largest absolute Gasteiger partial charge is 0.289 e. The van der Waals surface area contributed by atoms with Crippen molar-refractivity contribution < 1.29 is 9.59 Å². The van der Waals surface area contributed by atoms with E-state index in [4.69, 9.17) is 0 Å². The van der Waals surface area contributed by atoms with E-state index in [1.807, 2.05) is 50.7 Å². The SMILES string of the molecule is CSC1=CC(=C2C=C(C)C(=O)C(C)=C2)C=C(SC)C1=O. The van der Waals surface area contributed by atoms with Gasteiger partial charge in [0, 0.05) is 0 Å². The monoisotopic (exact) mass is 304 g/mol. The first-order valence-corrected chi connectivity index (χ1v) is 8.64. The van der Waals surface area contributed by atoms with Crippen LogP contribution in [0.5, 0.6) is 0 Å². The molecule has 4 heteroatoms. The molecular formula is C16H16O2S2. The van der Waals surface area contributed by atoms with E-state index in [1.165, 1.54) is 23.5 Å². The van der Waals surface area contributed by atoms with Gasteiger partial charge >= 0.3 is 0 Å². The average Bonchev–Trinajstić information content (AvgIpc) is 2.44. The summed E-state index contributed by atoms with van der Waals surface area (Å²) in [5, 5.41) is 0. The first-order chi connectivity index (χ1) is 9.47. The van der Waals surface area contributed by atoms with E-state index < -0.39 is 0 Å². The Hall–Kier alpha value is -1.26. The quantitative estimate of drug-likeness (QED) is 0.776. The average molecular weight is 304 g/mol. The first-order valence-electron chi connectivity index (χ1n) is 6.19. The molecule has 2 aliphatic rings. The third kappa shape index (κ3) is 2.76. The molecule has 2 aliphatic carbocycles. The molecule has 0 aromatic carbocycles. The first kappa shape index (κ1) is 15.1. The zero-order valence-corrected chi connectivity index (χ0v) is 13.6. The molecule has 0 amide bonds. The van der Waals surface area contributed by atoms with Crippen molar-refractivity contribution in [3.63, 3.8) is 0 Å². The zero-order chi connectivity index (χ0) is 14.9. The molecular weight excluding hydrogens is 288 g/mol. The Bertz CT molecular complexity index is 593. The van der Waals surface area contributed by atoms with E-state index in [0.717, 1.165) is 32.1 Å². The van der Waals surface area contributed by atoms with E-state index in [1.54, 1.807) is 0 Å². The highest BCUT2D eigenvalue weighted by molar-refractivity contribution is 8.05. The van der Waals surface area contributed by atoms with Gasteiger partial charge in [0.05, 0.1) is 9.81 Å². The molecule has 0 atom stereocenters. The van der Waals surface area contributed by atoms with E-state index in [9.17, 15) is 9.59 Å². The van der Waals surface area contributed by atoms with Crippen LogP contribution in [-0.4, -0.2) is 24.1 Å². The van der Waals surface area contributed by atoms with Crippen molar-refractivity contribution in [3.05, 3.63) is 56.4 Å². The van der Waals surface area contributed by atoms with E-state index >= 15 is 0 Å². The van der Waals surface area contributed by atoms with Crippen LogP contribution in [-0.2, 0) is 9.59 Å². The van der Waals surface area contributed by atoms with Gasteiger partial charge in [-0.25, -0.2) is 0 Å². The number of carbonyl (C=O) groups is 2. The van der Waals surface area contributed by atoms with Crippen LogP contribution in [0.1, 0.15) is 13.8 Å². The maximum Gasteiger partial charge on any atom is 0.205 e. The molecule has 20 heavy (non-hydrogen) atoms. The normalized spacial score (nSPS) is 19.6. The molecule has 0 unspecified atom stereocenters. The molecule has 104 valence electrons. The van der Waals surface area contributed by atoms with Crippen molar-refractivity contribution in [3.8, 4) is 0 Å². The summed E-state index contributed by atoms with van der Waals surface area (Å²) in [5.41, 5.74) is 3.46. The second-order valence-corrected chi connectivity index (χ2v) is 6.35. The molecule has 0 bridgehead atoms. The van der Waals surface area contributed by atoms with Gasteiger partial charge in [-0.05, 0) is 73.0 Å². The molecule has 0 spiro atoms. The highest BCUT2D eigenvalue weighted by Gasteiger charge is 2.21. The fraction of sp³-hybridized carbons (Fsp3) is 0.250. The molecule has 0 heterocycles. The van der Waals surface area contributed by atoms with Gasteiger partial charge in [0.15, 0.2) is 5.78 Å². The van der Waals surface area contributed by atoms with Crippen molar-refractivity contribution in [2.24, 2.45) is 0 Å². The van der Waals surface area contributed by atoms with Crippen LogP contribution in [0.15, 0.2) is 56.4 Å². The minimum Gasteiger partial charge on any atom is -0.289 e. The molecule has 0 saturated carbocycles. The Kier molecular flexibility index (Phi) is 4.55. The highest BCUT2D eigenvalue weighted by atomic mass is 32.2. The van der Waals surface area contributed by atoms with Gasteiger partial charge in [0.2, 0.25) is 5.78 Å². The number of hydrogen-bond acceptors (Lipinski definition) is 4. The Morgan fingerprint density at radius 3 is 1.50 bits per heavy atom. The fourth-order valence-electron chi connectivity index (χ4n) is 2.16. The van der Waals surface area contributed by atoms with Crippen LogP contribution in [0.25, 0.3) is 0 Å². The van der Waals surface area contributed by atoms with Crippen molar-refractivity contribution in [1.82, 2.24) is 0 Å². The minimum atomic E-state index is 0.0858. The number of rotatable bonds is 2. The summed E-state index contributed by atoms with van der Waals surface area (Å²) in [7, 11) is 0. The molecule has 0 aliphatic heterocycles. The molecule has 2 rings (SSSR count). The van der Waals surface area contributed by atoms with Crippen LogP contribution in [0.4, 0.5) is 0 Å². The standard InChI is InChI=1S/C16H16O2S2/c1-9-5-11(6-10(2)15(9)17)12-7-13(19-3)16(18)14(8-12)20-4/h5-8H,1-4H3. The summed E-state index contributed by atoms with van der Waals surface area (Å²) in [5.74, 6) is 0.173. The van der Waals surface area contributed by atoms with Crippen molar-refractivity contribution in [2.45, 2.75) is 13.8 Å². The lowest BCUT2D eigenvalue weighted by atomic mass is 9.91. The van der Waals surface area contributed by atoms with Gasteiger partial charge in [-0.15, -0.1) is 23.5 Å². The summed E-state index contributed by atoms with van der Waals surface area (Å²) in [6.07, 6.45) is 11.4. The number of allylic oxidation sites excluding steroid dienone is 10. The Morgan fingerprint density at radius 1 is 0.700 bits per heavy atom. The maximum atomic E-state index is 12.1.